The summed E-state index contributed by atoms with van der Waals surface area (Å²) in [6.45, 7) is 0.159. The van der Waals surface area contributed by atoms with Crippen molar-refractivity contribution < 1.29 is 14.7 Å². The van der Waals surface area contributed by atoms with Gasteiger partial charge in [-0.05, 0) is 31.4 Å². The number of hydrogen-bond acceptors (Lipinski definition) is 4. The molecule has 100 valence electrons. The lowest BCUT2D eigenvalue weighted by Crippen LogP contribution is -2.42. The van der Waals surface area contributed by atoms with Crippen molar-refractivity contribution in [2.75, 3.05) is 6.54 Å². The molecule has 0 saturated heterocycles. The topological polar surface area (TPSA) is 83.6 Å². The predicted octanol–water partition coefficient (Wildman–Crippen LogP) is 0.525. The lowest BCUT2D eigenvalue weighted by atomic mass is 10.0. The van der Waals surface area contributed by atoms with E-state index in [-0.39, 0.29) is 24.4 Å². The van der Waals surface area contributed by atoms with Crippen LogP contribution in [0.15, 0.2) is 24.3 Å². The molecule has 2 unspecified atom stereocenters. The Balaban J connectivity index is 1.89. The third-order valence-electron chi connectivity index (χ3n) is 4.13. The molecule has 1 aromatic carbocycles. The van der Waals surface area contributed by atoms with Crippen LogP contribution < -0.4 is 5.73 Å². The van der Waals surface area contributed by atoms with Crippen molar-refractivity contribution >= 4 is 11.8 Å². The maximum Gasteiger partial charge on any atom is 0.261 e. The second-order valence-electron chi connectivity index (χ2n) is 5.35. The van der Waals surface area contributed by atoms with Crippen molar-refractivity contribution in [1.29, 1.82) is 0 Å². The number of imide groups is 1. The first kappa shape index (κ1) is 12.3. The van der Waals surface area contributed by atoms with E-state index in [1.165, 1.54) is 4.90 Å². The van der Waals surface area contributed by atoms with Gasteiger partial charge < -0.3 is 10.8 Å². The molecule has 2 aliphatic rings. The Bertz CT molecular complexity index is 522. The minimum Gasteiger partial charge on any atom is -0.388 e. The van der Waals surface area contributed by atoms with E-state index in [4.69, 9.17) is 5.73 Å². The molecule has 1 saturated carbocycles. The van der Waals surface area contributed by atoms with Crippen molar-refractivity contribution in [1.82, 2.24) is 4.90 Å². The zero-order valence-corrected chi connectivity index (χ0v) is 10.5. The van der Waals surface area contributed by atoms with Gasteiger partial charge in [-0.1, -0.05) is 12.1 Å². The van der Waals surface area contributed by atoms with E-state index in [1.807, 2.05) is 0 Å². The second-order valence-corrected chi connectivity index (χ2v) is 5.35. The lowest BCUT2D eigenvalue weighted by molar-refractivity contribution is 0.0416. The van der Waals surface area contributed by atoms with Gasteiger partial charge in [0.05, 0.1) is 16.7 Å². The molecule has 2 amide bonds. The molecular weight excluding hydrogens is 244 g/mol. The number of carbonyl (C=O) groups excluding carboxylic acids is 2. The van der Waals surface area contributed by atoms with Crippen LogP contribution in [0.4, 0.5) is 0 Å². The van der Waals surface area contributed by atoms with Crippen molar-refractivity contribution in [3.63, 3.8) is 0 Å². The van der Waals surface area contributed by atoms with Crippen LogP contribution in [-0.4, -0.2) is 40.0 Å². The fraction of sp³-hybridized carbons (Fsp3) is 0.429. The van der Waals surface area contributed by atoms with Gasteiger partial charge in [-0.2, -0.15) is 0 Å². The lowest BCUT2D eigenvalue weighted by Gasteiger charge is -2.24. The summed E-state index contributed by atoms with van der Waals surface area (Å²) in [5, 5.41) is 10.1. The Hall–Kier alpha value is -1.72. The van der Waals surface area contributed by atoms with E-state index in [9.17, 15) is 14.7 Å². The Morgan fingerprint density at radius 2 is 1.84 bits per heavy atom. The average Bonchev–Trinajstić information content (AvgIpc) is 2.92. The molecular formula is C14H16N2O3. The summed E-state index contributed by atoms with van der Waals surface area (Å²) >= 11 is 0. The SMILES string of the molecule is NCC1(O)CCC(N2C(=O)c3ccccc3C2=O)C1. The Kier molecular flexibility index (Phi) is 2.69. The number of aliphatic hydroxyl groups is 1. The first-order valence-electron chi connectivity index (χ1n) is 6.45. The van der Waals surface area contributed by atoms with E-state index in [0.717, 1.165) is 0 Å². The smallest absolute Gasteiger partial charge is 0.261 e. The van der Waals surface area contributed by atoms with Gasteiger partial charge in [0.1, 0.15) is 0 Å². The number of fused-ring (bicyclic) bond motifs is 1. The fourth-order valence-electron chi connectivity index (χ4n) is 3.02. The van der Waals surface area contributed by atoms with Crippen LogP contribution in [0.3, 0.4) is 0 Å². The molecule has 3 N–H and O–H groups in total. The normalized spacial score (nSPS) is 30.0. The highest BCUT2D eigenvalue weighted by atomic mass is 16.3. The summed E-state index contributed by atoms with van der Waals surface area (Å²) in [7, 11) is 0. The summed E-state index contributed by atoms with van der Waals surface area (Å²) in [6, 6.07) is 6.58. The van der Waals surface area contributed by atoms with Crippen molar-refractivity contribution in [2.45, 2.75) is 30.9 Å². The van der Waals surface area contributed by atoms with Crippen LogP contribution in [0.1, 0.15) is 40.0 Å². The van der Waals surface area contributed by atoms with Crippen LogP contribution in [0.2, 0.25) is 0 Å². The van der Waals surface area contributed by atoms with Gasteiger partial charge in [-0.15, -0.1) is 0 Å². The summed E-state index contributed by atoms with van der Waals surface area (Å²) in [5.41, 5.74) is 5.51. The highest BCUT2D eigenvalue weighted by Gasteiger charge is 2.46. The molecule has 0 radical (unpaired) electrons. The minimum absolute atomic E-state index is 0.159. The summed E-state index contributed by atoms with van der Waals surface area (Å²) in [4.78, 5) is 25.9. The first-order chi connectivity index (χ1) is 9.06. The molecule has 1 aliphatic carbocycles. The average molecular weight is 260 g/mol. The molecule has 0 aromatic heterocycles. The van der Waals surface area contributed by atoms with E-state index >= 15 is 0 Å². The summed E-state index contributed by atoms with van der Waals surface area (Å²) in [6.07, 6.45) is 1.51. The monoisotopic (exact) mass is 260 g/mol. The summed E-state index contributed by atoms with van der Waals surface area (Å²) < 4.78 is 0. The maximum atomic E-state index is 12.3. The third kappa shape index (κ3) is 1.77. The van der Waals surface area contributed by atoms with Gasteiger partial charge in [-0.25, -0.2) is 0 Å². The van der Waals surface area contributed by atoms with Crippen LogP contribution in [-0.2, 0) is 0 Å². The number of amides is 2. The van der Waals surface area contributed by atoms with Gasteiger partial charge in [-0.3, -0.25) is 14.5 Å². The Labute approximate surface area is 111 Å². The van der Waals surface area contributed by atoms with Crippen LogP contribution in [0.25, 0.3) is 0 Å². The molecule has 0 spiro atoms. The quantitative estimate of drug-likeness (QED) is 0.759. The highest BCUT2D eigenvalue weighted by Crippen LogP contribution is 2.36. The van der Waals surface area contributed by atoms with Gasteiger partial charge in [0, 0.05) is 12.6 Å². The summed E-state index contributed by atoms with van der Waals surface area (Å²) in [5.74, 6) is -0.515. The Morgan fingerprint density at radius 3 is 2.32 bits per heavy atom. The molecule has 19 heavy (non-hydrogen) atoms. The van der Waals surface area contributed by atoms with Gasteiger partial charge in [0.2, 0.25) is 0 Å². The number of benzene rings is 1. The van der Waals surface area contributed by atoms with E-state index in [0.29, 0.717) is 30.4 Å². The predicted molar refractivity (Wildman–Crippen MR) is 68.6 cm³/mol. The van der Waals surface area contributed by atoms with E-state index in [2.05, 4.69) is 0 Å². The van der Waals surface area contributed by atoms with Crippen LogP contribution in [0, 0.1) is 0 Å². The zero-order valence-electron chi connectivity index (χ0n) is 10.5. The number of hydrogen-bond donors (Lipinski definition) is 2. The second kappa shape index (κ2) is 4.15. The maximum absolute atomic E-state index is 12.3. The minimum atomic E-state index is -0.944. The van der Waals surface area contributed by atoms with Crippen LogP contribution >= 0.6 is 0 Å². The fourth-order valence-corrected chi connectivity index (χ4v) is 3.02. The largest absolute Gasteiger partial charge is 0.388 e. The van der Waals surface area contributed by atoms with Crippen molar-refractivity contribution in [2.24, 2.45) is 5.73 Å². The van der Waals surface area contributed by atoms with E-state index < -0.39 is 5.60 Å². The van der Waals surface area contributed by atoms with Crippen molar-refractivity contribution in [3.8, 4) is 0 Å². The Morgan fingerprint density at radius 1 is 1.26 bits per heavy atom. The highest BCUT2D eigenvalue weighted by molar-refractivity contribution is 6.21. The standard InChI is InChI=1S/C14H16N2O3/c15-8-14(19)6-5-9(7-14)16-12(17)10-3-1-2-4-11(10)13(16)18/h1-4,9,19H,5-8,15H2. The van der Waals surface area contributed by atoms with Crippen molar-refractivity contribution in [3.05, 3.63) is 35.4 Å². The van der Waals surface area contributed by atoms with Gasteiger partial charge in [0.15, 0.2) is 0 Å². The molecule has 1 aromatic rings. The molecule has 2 atom stereocenters. The first-order valence-corrected chi connectivity index (χ1v) is 6.45. The number of carbonyl (C=O) groups is 2. The number of nitrogens with two attached hydrogens (primary N) is 1. The molecule has 5 nitrogen and oxygen atoms in total. The zero-order chi connectivity index (χ0) is 13.6. The molecule has 1 heterocycles. The third-order valence-corrected chi connectivity index (χ3v) is 4.13. The molecule has 0 bridgehead atoms. The van der Waals surface area contributed by atoms with E-state index in [1.54, 1.807) is 24.3 Å². The molecule has 5 heteroatoms. The molecule has 1 aliphatic heterocycles. The van der Waals surface area contributed by atoms with Gasteiger partial charge >= 0.3 is 0 Å². The number of nitrogens with zero attached hydrogens (tertiary/aromatic N) is 1. The molecule has 3 rings (SSSR count). The van der Waals surface area contributed by atoms with Gasteiger partial charge in [0.25, 0.3) is 11.8 Å². The van der Waals surface area contributed by atoms with Crippen LogP contribution in [0.5, 0.6) is 0 Å². The number of rotatable bonds is 2. The molecule has 1 fully saturated rings.